The summed E-state index contributed by atoms with van der Waals surface area (Å²) >= 11 is 0. The summed E-state index contributed by atoms with van der Waals surface area (Å²) in [6, 6.07) is 3.82. The Morgan fingerprint density at radius 1 is 1.45 bits per heavy atom. The van der Waals surface area contributed by atoms with Crippen LogP contribution >= 0.6 is 0 Å². The van der Waals surface area contributed by atoms with Gasteiger partial charge in [0.25, 0.3) is 0 Å². The summed E-state index contributed by atoms with van der Waals surface area (Å²) in [7, 11) is 0. The van der Waals surface area contributed by atoms with Crippen molar-refractivity contribution in [3.63, 3.8) is 0 Å². The molecule has 1 aliphatic carbocycles. The fraction of sp³-hybridized carbons (Fsp3) is 0.533. The van der Waals surface area contributed by atoms with Gasteiger partial charge >= 0.3 is 5.97 Å². The monoisotopic (exact) mass is 273 g/mol. The number of fused-ring (bicyclic) bond motifs is 1. The van der Waals surface area contributed by atoms with Crippen LogP contribution in [0.5, 0.6) is 0 Å². The van der Waals surface area contributed by atoms with E-state index in [0.717, 1.165) is 42.8 Å². The average molecular weight is 273 g/mol. The summed E-state index contributed by atoms with van der Waals surface area (Å²) in [4.78, 5) is 21.3. The van der Waals surface area contributed by atoms with E-state index < -0.39 is 5.41 Å². The number of hydrogen-bond donors (Lipinski definition) is 0. The van der Waals surface area contributed by atoms with Crippen molar-refractivity contribution in [2.45, 2.75) is 45.1 Å². The molecule has 0 radical (unpaired) electrons. The van der Waals surface area contributed by atoms with Crippen molar-refractivity contribution < 1.29 is 9.53 Å². The van der Waals surface area contributed by atoms with Gasteiger partial charge in [0.05, 0.1) is 6.61 Å². The van der Waals surface area contributed by atoms with Gasteiger partial charge in [-0.15, -0.1) is 0 Å². The van der Waals surface area contributed by atoms with Crippen LogP contribution in [0.15, 0.2) is 18.3 Å². The highest BCUT2D eigenvalue weighted by molar-refractivity contribution is 5.87. The fourth-order valence-corrected chi connectivity index (χ4v) is 2.67. The number of imidazole rings is 1. The molecule has 1 fully saturated rings. The van der Waals surface area contributed by atoms with E-state index in [0.29, 0.717) is 6.61 Å². The van der Waals surface area contributed by atoms with Gasteiger partial charge in [0.15, 0.2) is 5.65 Å². The van der Waals surface area contributed by atoms with E-state index >= 15 is 0 Å². The maximum absolute atomic E-state index is 12.3. The van der Waals surface area contributed by atoms with Crippen LogP contribution in [0.25, 0.3) is 11.2 Å². The first-order valence-corrected chi connectivity index (χ1v) is 7.22. The largest absolute Gasteiger partial charge is 0.465 e. The zero-order valence-corrected chi connectivity index (χ0v) is 11.9. The molecular weight excluding hydrogens is 254 g/mol. The number of esters is 1. The van der Waals surface area contributed by atoms with Crippen LogP contribution in [0.4, 0.5) is 0 Å². The zero-order valence-electron chi connectivity index (χ0n) is 11.9. The molecule has 2 aromatic rings. The van der Waals surface area contributed by atoms with Crippen molar-refractivity contribution in [1.82, 2.24) is 14.5 Å². The van der Waals surface area contributed by atoms with Gasteiger partial charge in [0.1, 0.15) is 16.8 Å². The molecule has 1 aliphatic rings. The van der Waals surface area contributed by atoms with Crippen molar-refractivity contribution in [1.29, 1.82) is 0 Å². The van der Waals surface area contributed by atoms with Crippen LogP contribution in [-0.4, -0.2) is 27.1 Å². The van der Waals surface area contributed by atoms with Gasteiger partial charge in [-0.25, -0.2) is 9.97 Å². The zero-order chi connectivity index (χ0) is 14.2. The first-order valence-electron chi connectivity index (χ1n) is 7.22. The van der Waals surface area contributed by atoms with Crippen LogP contribution in [0.1, 0.15) is 38.9 Å². The molecule has 106 valence electrons. The second-order valence-corrected chi connectivity index (χ2v) is 5.24. The van der Waals surface area contributed by atoms with Crippen molar-refractivity contribution >= 4 is 17.1 Å². The van der Waals surface area contributed by atoms with E-state index in [4.69, 9.17) is 4.74 Å². The van der Waals surface area contributed by atoms with Gasteiger partial charge in [0.2, 0.25) is 0 Å². The first-order chi connectivity index (χ1) is 9.73. The van der Waals surface area contributed by atoms with Crippen LogP contribution in [0.2, 0.25) is 0 Å². The molecule has 0 aromatic carbocycles. The average Bonchev–Trinajstić information content (AvgIpc) is 3.18. The van der Waals surface area contributed by atoms with Gasteiger partial charge < -0.3 is 9.30 Å². The third-order valence-corrected chi connectivity index (χ3v) is 3.80. The lowest BCUT2D eigenvalue weighted by Crippen LogP contribution is -2.27. The van der Waals surface area contributed by atoms with Crippen molar-refractivity contribution in [3.8, 4) is 0 Å². The van der Waals surface area contributed by atoms with Gasteiger partial charge in [-0.3, -0.25) is 4.79 Å². The fourth-order valence-electron chi connectivity index (χ4n) is 2.67. The molecule has 0 bridgehead atoms. The van der Waals surface area contributed by atoms with Gasteiger partial charge in [-0.05, 0) is 38.3 Å². The molecule has 3 rings (SSSR count). The van der Waals surface area contributed by atoms with Crippen LogP contribution in [0.3, 0.4) is 0 Å². The quantitative estimate of drug-likeness (QED) is 0.785. The summed E-state index contributed by atoms with van der Waals surface area (Å²) in [5, 5.41) is 0. The third-order valence-electron chi connectivity index (χ3n) is 3.80. The Morgan fingerprint density at radius 3 is 2.90 bits per heavy atom. The molecule has 0 amide bonds. The predicted octanol–water partition coefficient (Wildman–Crippen LogP) is 2.44. The van der Waals surface area contributed by atoms with Gasteiger partial charge in [0, 0.05) is 12.7 Å². The van der Waals surface area contributed by atoms with E-state index in [-0.39, 0.29) is 5.97 Å². The number of rotatable bonds is 5. The summed E-state index contributed by atoms with van der Waals surface area (Å²) in [6.07, 6.45) is 4.38. The number of carbonyl (C=O) groups is 1. The Kier molecular flexibility index (Phi) is 3.20. The highest BCUT2D eigenvalue weighted by Gasteiger charge is 2.56. The molecule has 5 heteroatoms. The Morgan fingerprint density at radius 2 is 2.25 bits per heavy atom. The van der Waals surface area contributed by atoms with Gasteiger partial charge in [-0.2, -0.15) is 0 Å². The number of aryl methyl sites for hydroxylation is 1. The second kappa shape index (κ2) is 4.89. The highest BCUT2D eigenvalue weighted by Crippen LogP contribution is 2.49. The molecule has 0 N–H and O–H groups in total. The van der Waals surface area contributed by atoms with Crippen molar-refractivity contribution in [3.05, 3.63) is 24.2 Å². The normalized spacial score (nSPS) is 16.3. The summed E-state index contributed by atoms with van der Waals surface area (Å²) in [6.45, 7) is 5.18. The van der Waals surface area contributed by atoms with E-state index in [2.05, 4.69) is 21.5 Å². The number of pyridine rings is 1. The van der Waals surface area contributed by atoms with E-state index in [1.807, 2.05) is 19.1 Å². The first kappa shape index (κ1) is 13.1. The summed E-state index contributed by atoms with van der Waals surface area (Å²) in [5.74, 6) is 0.680. The van der Waals surface area contributed by atoms with Crippen LogP contribution < -0.4 is 0 Å². The number of carbonyl (C=O) groups excluding carboxylic acids is 1. The highest BCUT2D eigenvalue weighted by atomic mass is 16.5. The molecule has 20 heavy (non-hydrogen) atoms. The topological polar surface area (TPSA) is 57.0 Å². The lowest BCUT2D eigenvalue weighted by atomic mass is 10.1. The molecule has 0 spiro atoms. The lowest BCUT2D eigenvalue weighted by Gasteiger charge is -2.15. The summed E-state index contributed by atoms with van der Waals surface area (Å²) in [5.41, 5.74) is 1.18. The Bertz CT molecular complexity index is 644. The standard InChI is InChI=1S/C15H19N3O2/c1-3-10-18-12-11(6-5-9-16-12)17-13(18)15(7-8-15)14(19)20-4-2/h5-6,9H,3-4,7-8,10H2,1-2H3. The maximum Gasteiger partial charge on any atom is 0.319 e. The molecular formula is C15H19N3O2. The minimum absolute atomic E-state index is 0.146. The molecule has 2 heterocycles. The van der Waals surface area contributed by atoms with Crippen molar-refractivity contribution in [2.24, 2.45) is 0 Å². The summed E-state index contributed by atoms with van der Waals surface area (Å²) < 4.78 is 7.32. The van der Waals surface area contributed by atoms with Crippen LogP contribution in [-0.2, 0) is 21.5 Å². The van der Waals surface area contributed by atoms with Crippen LogP contribution in [0, 0.1) is 0 Å². The number of nitrogens with zero attached hydrogens (tertiary/aromatic N) is 3. The molecule has 5 nitrogen and oxygen atoms in total. The Hall–Kier alpha value is -1.91. The molecule has 0 atom stereocenters. The van der Waals surface area contributed by atoms with Crippen molar-refractivity contribution in [2.75, 3.05) is 6.61 Å². The lowest BCUT2D eigenvalue weighted by molar-refractivity contribution is -0.146. The number of ether oxygens (including phenoxy) is 1. The smallest absolute Gasteiger partial charge is 0.319 e. The molecule has 0 unspecified atom stereocenters. The molecule has 1 saturated carbocycles. The Balaban J connectivity index is 2.11. The van der Waals surface area contributed by atoms with E-state index in [1.165, 1.54) is 0 Å². The number of aromatic nitrogens is 3. The minimum atomic E-state index is -0.536. The predicted molar refractivity (Wildman–Crippen MR) is 75.4 cm³/mol. The molecule has 0 aliphatic heterocycles. The van der Waals surface area contributed by atoms with E-state index in [9.17, 15) is 4.79 Å². The molecule has 2 aromatic heterocycles. The molecule has 0 saturated heterocycles. The van der Waals surface area contributed by atoms with Gasteiger partial charge in [-0.1, -0.05) is 6.92 Å². The maximum atomic E-state index is 12.3. The third kappa shape index (κ3) is 1.88. The SMILES string of the molecule is CCCn1c(C2(C(=O)OCC)CC2)nc2cccnc21. The Labute approximate surface area is 118 Å². The number of hydrogen-bond acceptors (Lipinski definition) is 4. The van der Waals surface area contributed by atoms with E-state index in [1.54, 1.807) is 6.20 Å². The minimum Gasteiger partial charge on any atom is -0.465 e. The second-order valence-electron chi connectivity index (χ2n) is 5.24.